The van der Waals surface area contributed by atoms with Crippen LogP contribution in [0.1, 0.15) is 23.0 Å². The summed E-state index contributed by atoms with van der Waals surface area (Å²) in [4.78, 5) is 36.3. The molecule has 1 atom stereocenters. The number of ether oxygens (including phenoxy) is 1. The first-order valence-electron chi connectivity index (χ1n) is 8.56. The number of amides is 1. The van der Waals surface area contributed by atoms with Crippen molar-refractivity contribution in [2.75, 3.05) is 6.54 Å². The van der Waals surface area contributed by atoms with Gasteiger partial charge in [-0.15, -0.1) is 0 Å². The second-order valence-electron chi connectivity index (χ2n) is 6.02. The van der Waals surface area contributed by atoms with Gasteiger partial charge in [-0.2, -0.15) is 5.10 Å². The van der Waals surface area contributed by atoms with E-state index in [4.69, 9.17) is 4.74 Å². The van der Waals surface area contributed by atoms with Crippen molar-refractivity contribution in [3.05, 3.63) is 76.2 Å². The number of nitrogens with one attached hydrogen (secondary N) is 2. The number of hydrogen-bond donors (Lipinski definition) is 2. The summed E-state index contributed by atoms with van der Waals surface area (Å²) >= 11 is 0. The highest BCUT2D eigenvalue weighted by Gasteiger charge is 2.21. The van der Waals surface area contributed by atoms with Gasteiger partial charge in [0.2, 0.25) is 0 Å². The van der Waals surface area contributed by atoms with Gasteiger partial charge in [0.25, 0.3) is 11.5 Å². The van der Waals surface area contributed by atoms with Gasteiger partial charge >= 0.3 is 5.97 Å². The summed E-state index contributed by atoms with van der Waals surface area (Å²) in [5.41, 5.74) is 0.675. The van der Waals surface area contributed by atoms with Crippen LogP contribution in [0.25, 0.3) is 10.8 Å². The number of benzene rings is 2. The van der Waals surface area contributed by atoms with E-state index in [2.05, 4.69) is 15.5 Å². The highest BCUT2D eigenvalue weighted by Crippen LogP contribution is 2.14. The Bertz CT molecular complexity index is 1010. The molecule has 3 rings (SSSR count). The molecule has 0 spiro atoms. The molecule has 0 saturated carbocycles. The fourth-order valence-corrected chi connectivity index (χ4v) is 2.66. The first-order chi connectivity index (χ1) is 13.1. The van der Waals surface area contributed by atoms with Crippen LogP contribution in [0.4, 0.5) is 0 Å². The van der Waals surface area contributed by atoms with E-state index in [0.29, 0.717) is 23.7 Å². The van der Waals surface area contributed by atoms with Crippen LogP contribution in [0.5, 0.6) is 0 Å². The van der Waals surface area contributed by atoms with Crippen LogP contribution in [0.2, 0.25) is 0 Å². The van der Waals surface area contributed by atoms with Gasteiger partial charge in [-0.25, -0.2) is 9.89 Å². The van der Waals surface area contributed by atoms with Crippen LogP contribution in [-0.2, 0) is 16.0 Å². The van der Waals surface area contributed by atoms with Crippen LogP contribution in [0, 0.1) is 0 Å². The summed E-state index contributed by atoms with van der Waals surface area (Å²) in [6.07, 6.45) is -0.305. The zero-order valence-corrected chi connectivity index (χ0v) is 14.8. The average molecular weight is 365 g/mol. The van der Waals surface area contributed by atoms with E-state index in [9.17, 15) is 14.4 Å². The maximum atomic E-state index is 12.4. The van der Waals surface area contributed by atoms with Crippen molar-refractivity contribution in [3.8, 4) is 0 Å². The largest absolute Gasteiger partial charge is 0.448 e. The molecule has 2 aromatic carbocycles. The lowest BCUT2D eigenvalue weighted by Crippen LogP contribution is -2.37. The highest BCUT2D eigenvalue weighted by atomic mass is 16.5. The minimum absolute atomic E-state index is 0.0332. The topological polar surface area (TPSA) is 101 Å². The minimum atomic E-state index is -0.985. The molecule has 0 saturated heterocycles. The van der Waals surface area contributed by atoms with Gasteiger partial charge in [-0.05, 0) is 25.0 Å². The quantitative estimate of drug-likeness (QED) is 0.649. The summed E-state index contributed by atoms with van der Waals surface area (Å²) < 4.78 is 5.21. The smallest absolute Gasteiger partial charge is 0.360 e. The normalized spacial score (nSPS) is 11.7. The molecule has 0 aliphatic carbocycles. The van der Waals surface area contributed by atoms with Gasteiger partial charge in [-0.1, -0.05) is 48.5 Å². The van der Waals surface area contributed by atoms with Crippen LogP contribution in [0.3, 0.4) is 0 Å². The molecule has 138 valence electrons. The number of carbonyl (C=O) groups excluding carboxylic acids is 2. The number of carbonyl (C=O) groups is 2. The van der Waals surface area contributed by atoms with E-state index >= 15 is 0 Å². The first-order valence-corrected chi connectivity index (χ1v) is 8.56. The Hall–Kier alpha value is -3.48. The van der Waals surface area contributed by atoms with Gasteiger partial charge in [-0.3, -0.25) is 9.59 Å². The Kier molecular flexibility index (Phi) is 5.61. The lowest BCUT2D eigenvalue weighted by atomic mass is 10.1. The zero-order chi connectivity index (χ0) is 19.2. The van der Waals surface area contributed by atoms with Crippen molar-refractivity contribution in [2.45, 2.75) is 19.4 Å². The third-order valence-electron chi connectivity index (χ3n) is 4.10. The lowest BCUT2D eigenvalue weighted by Gasteiger charge is -2.13. The van der Waals surface area contributed by atoms with Crippen molar-refractivity contribution < 1.29 is 14.3 Å². The maximum Gasteiger partial charge on any atom is 0.360 e. The van der Waals surface area contributed by atoms with Gasteiger partial charge in [0.05, 0.1) is 5.39 Å². The molecule has 0 bridgehead atoms. The van der Waals surface area contributed by atoms with E-state index < -0.39 is 23.5 Å². The van der Waals surface area contributed by atoms with Crippen LogP contribution < -0.4 is 10.9 Å². The summed E-state index contributed by atoms with van der Waals surface area (Å²) in [6, 6.07) is 16.3. The van der Waals surface area contributed by atoms with Crippen molar-refractivity contribution in [3.63, 3.8) is 0 Å². The van der Waals surface area contributed by atoms with E-state index in [-0.39, 0.29) is 5.69 Å². The molecular formula is C20H19N3O4. The monoisotopic (exact) mass is 365 g/mol. The number of aromatic amines is 1. The number of hydrogen-bond acceptors (Lipinski definition) is 5. The van der Waals surface area contributed by atoms with E-state index in [1.807, 2.05) is 30.3 Å². The maximum absolute atomic E-state index is 12.4. The Balaban J connectivity index is 1.61. The number of H-pyrrole nitrogens is 1. The van der Waals surface area contributed by atoms with E-state index in [0.717, 1.165) is 5.56 Å². The van der Waals surface area contributed by atoms with Gasteiger partial charge in [0.15, 0.2) is 11.8 Å². The Morgan fingerprint density at radius 3 is 2.48 bits per heavy atom. The molecule has 1 heterocycles. The number of aromatic nitrogens is 2. The molecule has 0 fully saturated rings. The third-order valence-corrected chi connectivity index (χ3v) is 4.10. The Morgan fingerprint density at radius 1 is 1.07 bits per heavy atom. The number of esters is 1. The molecule has 7 heteroatoms. The molecule has 7 nitrogen and oxygen atoms in total. The summed E-state index contributed by atoms with van der Waals surface area (Å²) in [7, 11) is 0. The fraction of sp³-hybridized carbons (Fsp3) is 0.200. The second kappa shape index (κ2) is 8.27. The number of fused-ring (bicyclic) bond motifs is 1. The summed E-state index contributed by atoms with van der Waals surface area (Å²) in [6.45, 7) is 1.92. The zero-order valence-electron chi connectivity index (χ0n) is 14.8. The van der Waals surface area contributed by atoms with E-state index in [1.165, 1.54) is 6.92 Å². The van der Waals surface area contributed by atoms with Crippen molar-refractivity contribution >= 4 is 22.6 Å². The second-order valence-corrected chi connectivity index (χ2v) is 6.02. The fourth-order valence-electron chi connectivity index (χ4n) is 2.66. The van der Waals surface area contributed by atoms with Crippen molar-refractivity contribution in [1.82, 2.24) is 15.5 Å². The van der Waals surface area contributed by atoms with Gasteiger partial charge in [0.1, 0.15) is 0 Å². The molecule has 1 aromatic heterocycles. The highest BCUT2D eigenvalue weighted by molar-refractivity contribution is 6.02. The first kappa shape index (κ1) is 18.3. The molecule has 1 amide bonds. The predicted octanol–water partition coefficient (Wildman–Crippen LogP) is 1.83. The van der Waals surface area contributed by atoms with Gasteiger partial charge < -0.3 is 10.1 Å². The number of rotatable bonds is 6. The molecular weight excluding hydrogens is 346 g/mol. The molecule has 0 aliphatic rings. The van der Waals surface area contributed by atoms with Crippen molar-refractivity contribution in [2.24, 2.45) is 0 Å². The molecule has 1 unspecified atom stereocenters. The lowest BCUT2D eigenvalue weighted by molar-refractivity contribution is -0.129. The van der Waals surface area contributed by atoms with Gasteiger partial charge in [0, 0.05) is 11.9 Å². The molecule has 0 radical (unpaired) electrons. The summed E-state index contributed by atoms with van der Waals surface area (Å²) in [5, 5.41) is 9.50. The summed E-state index contributed by atoms with van der Waals surface area (Å²) in [5.74, 6) is -1.17. The Labute approximate surface area is 155 Å². The SMILES string of the molecule is CC(OC(=O)c1n[nH]c(=O)c2ccccc12)C(=O)NCCc1ccccc1. The van der Waals surface area contributed by atoms with Crippen LogP contribution in [-0.4, -0.2) is 34.7 Å². The minimum Gasteiger partial charge on any atom is -0.448 e. The third kappa shape index (κ3) is 4.38. The molecule has 27 heavy (non-hydrogen) atoms. The molecule has 0 aliphatic heterocycles. The van der Waals surface area contributed by atoms with Crippen LogP contribution in [0.15, 0.2) is 59.4 Å². The molecule has 3 aromatic rings. The number of nitrogens with zero attached hydrogens (tertiary/aromatic N) is 1. The Morgan fingerprint density at radius 2 is 1.74 bits per heavy atom. The van der Waals surface area contributed by atoms with Crippen molar-refractivity contribution in [1.29, 1.82) is 0 Å². The predicted molar refractivity (Wildman–Crippen MR) is 100 cm³/mol. The standard InChI is InChI=1S/C20H19N3O4/c1-13(18(24)21-12-11-14-7-3-2-4-8-14)27-20(26)17-15-9-5-6-10-16(15)19(25)23-22-17/h2-10,13H,11-12H2,1H3,(H,21,24)(H,23,25). The van der Waals surface area contributed by atoms with Crippen LogP contribution >= 0.6 is 0 Å². The molecule has 2 N–H and O–H groups in total. The van der Waals surface area contributed by atoms with E-state index in [1.54, 1.807) is 24.3 Å². The average Bonchev–Trinajstić information content (AvgIpc) is 2.69.